The normalized spacial score (nSPS) is 20.5. The monoisotopic (exact) mass is 368 g/mol. The van der Waals surface area contributed by atoms with Crippen LogP contribution in [0.15, 0.2) is 42.5 Å². The highest BCUT2D eigenvalue weighted by atomic mass is 16.5. The first kappa shape index (κ1) is 19.7. The molecule has 146 valence electrons. The topological polar surface area (TPSA) is 41.6 Å². The highest BCUT2D eigenvalue weighted by Gasteiger charge is 2.20. The van der Waals surface area contributed by atoms with E-state index in [2.05, 4.69) is 24.1 Å². The summed E-state index contributed by atoms with van der Waals surface area (Å²) in [5.74, 6) is 2.32. The summed E-state index contributed by atoms with van der Waals surface area (Å²) in [5, 5.41) is 5.14. The average Bonchev–Trinajstić information content (AvgIpc) is 2.65. The summed E-state index contributed by atoms with van der Waals surface area (Å²) >= 11 is 0. The van der Waals surface area contributed by atoms with Gasteiger partial charge in [0.15, 0.2) is 6.61 Å². The summed E-state index contributed by atoms with van der Waals surface area (Å²) < 4.78 is 5.74. The molecule has 1 aliphatic heterocycles. The van der Waals surface area contributed by atoms with Crippen LogP contribution in [0.1, 0.15) is 33.1 Å². The molecular formula is C23H32N2O2. The molecule has 0 radical (unpaired) electrons. The van der Waals surface area contributed by atoms with Crippen LogP contribution in [-0.4, -0.2) is 43.6 Å². The molecule has 27 heavy (non-hydrogen) atoms. The number of fused-ring (bicyclic) bond motifs is 1. The van der Waals surface area contributed by atoms with Gasteiger partial charge in [0.1, 0.15) is 5.75 Å². The largest absolute Gasteiger partial charge is 0.483 e. The molecule has 2 aromatic rings. The van der Waals surface area contributed by atoms with E-state index in [4.69, 9.17) is 4.74 Å². The number of carbonyl (C=O) groups excluding carboxylic acids is 1. The third kappa shape index (κ3) is 5.96. The van der Waals surface area contributed by atoms with E-state index >= 15 is 0 Å². The maximum Gasteiger partial charge on any atom is 0.257 e. The van der Waals surface area contributed by atoms with Crippen LogP contribution in [0, 0.1) is 11.8 Å². The Morgan fingerprint density at radius 1 is 1.07 bits per heavy atom. The Bertz CT molecular complexity index is 731. The van der Waals surface area contributed by atoms with E-state index in [9.17, 15) is 4.79 Å². The number of piperidine rings is 1. The lowest BCUT2D eigenvalue weighted by atomic mass is 9.92. The maximum absolute atomic E-state index is 12.1. The van der Waals surface area contributed by atoms with Crippen LogP contribution >= 0.6 is 0 Å². The smallest absolute Gasteiger partial charge is 0.257 e. The maximum atomic E-state index is 12.1. The average molecular weight is 369 g/mol. The third-order valence-corrected chi connectivity index (χ3v) is 5.28. The van der Waals surface area contributed by atoms with Gasteiger partial charge in [-0.15, -0.1) is 0 Å². The highest BCUT2D eigenvalue weighted by molar-refractivity contribution is 5.88. The number of carbonyl (C=O) groups is 1. The fourth-order valence-corrected chi connectivity index (χ4v) is 4.18. The molecule has 1 aliphatic rings. The molecule has 4 nitrogen and oxygen atoms in total. The molecule has 2 aromatic carbocycles. The van der Waals surface area contributed by atoms with E-state index in [1.807, 2.05) is 42.5 Å². The Labute approximate surface area is 162 Å². The van der Waals surface area contributed by atoms with Crippen molar-refractivity contribution in [2.45, 2.75) is 33.1 Å². The molecule has 1 amide bonds. The zero-order chi connectivity index (χ0) is 19.1. The van der Waals surface area contributed by atoms with Crippen molar-refractivity contribution in [3.05, 3.63) is 42.5 Å². The van der Waals surface area contributed by atoms with Crippen molar-refractivity contribution in [3.63, 3.8) is 0 Å². The van der Waals surface area contributed by atoms with Crippen LogP contribution in [0.4, 0.5) is 0 Å². The van der Waals surface area contributed by atoms with Crippen LogP contribution in [0.2, 0.25) is 0 Å². The molecule has 2 atom stereocenters. The fraction of sp³-hybridized carbons (Fsp3) is 0.522. The highest BCUT2D eigenvalue weighted by Crippen LogP contribution is 2.25. The van der Waals surface area contributed by atoms with Crippen molar-refractivity contribution in [3.8, 4) is 5.75 Å². The van der Waals surface area contributed by atoms with Crippen molar-refractivity contribution < 1.29 is 9.53 Å². The van der Waals surface area contributed by atoms with Crippen LogP contribution in [-0.2, 0) is 4.79 Å². The lowest BCUT2D eigenvalue weighted by molar-refractivity contribution is -0.123. The zero-order valence-corrected chi connectivity index (χ0v) is 16.6. The van der Waals surface area contributed by atoms with E-state index in [0.29, 0.717) is 0 Å². The lowest BCUT2D eigenvalue weighted by Crippen LogP contribution is -2.39. The van der Waals surface area contributed by atoms with Gasteiger partial charge in [0, 0.05) is 25.0 Å². The van der Waals surface area contributed by atoms with Crippen molar-refractivity contribution in [2.24, 2.45) is 11.8 Å². The van der Waals surface area contributed by atoms with Gasteiger partial charge in [-0.1, -0.05) is 50.2 Å². The quantitative estimate of drug-likeness (QED) is 0.714. The summed E-state index contributed by atoms with van der Waals surface area (Å²) in [6.45, 7) is 9.05. The van der Waals surface area contributed by atoms with Gasteiger partial charge in [-0.2, -0.15) is 0 Å². The van der Waals surface area contributed by atoms with Gasteiger partial charge in [0.05, 0.1) is 0 Å². The van der Waals surface area contributed by atoms with Crippen molar-refractivity contribution in [2.75, 3.05) is 32.8 Å². The standard InChI is InChI=1S/C23H32N2O2/c1-18-14-19(2)16-25(15-18)13-6-5-12-24-23(26)17-27-22-11-7-9-20-8-3-4-10-21(20)22/h3-4,7-11,18-19H,5-6,12-17H2,1-2H3,(H,24,26). The molecule has 0 saturated carbocycles. The Kier molecular flexibility index (Phi) is 7.11. The van der Waals surface area contributed by atoms with Gasteiger partial charge in [0.2, 0.25) is 0 Å². The van der Waals surface area contributed by atoms with Gasteiger partial charge in [-0.25, -0.2) is 0 Å². The molecule has 0 aromatic heterocycles. The minimum atomic E-state index is -0.0526. The Morgan fingerprint density at radius 3 is 2.63 bits per heavy atom. The molecule has 1 N–H and O–H groups in total. The van der Waals surface area contributed by atoms with E-state index in [-0.39, 0.29) is 12.5 Å². The van der Waals surface area contributed by atoms with E-state index < -0.39 is 0 Å². The number of likely N-dealkylation sites (tertiary alicyclic amines) is 1. The van der Waals surface area contributed by atoms with Crippen LogP contribution in [0.5, 0.6) is 5.75 Å². The second-order valence-electron chi connectivity index (χ2n) is 8.03. The first-order valence-electron chi connectivity index (χ1n) is 10.2. The summed E-state index contributed by atoms with van der Waals surface area (Å²) in [4.78, 5) is 14.6. The summed E-state index contributed by atoms with van der Waals surface area (Å²) in [7, 11) is 0. The van der Waals surface area contributed by atoms with Crippen LogP contribution in [0.25, 0.3) is 10.8 Å². The predicted molar refractivity (Wildman–Crippen MR) is 111 cm³/mol. The first-order valence-corrected chi connectivity index (χ1v) is 10.2. The number of hydrogen-bond donors (Lipinski definition) is 1. The number of benzene rings is 2. The Hall–Kier alpha value is -2.07. The summed E-state index contributed by atoms with van der Waals surface area (Å²) in [6, 6.07) is 14.0. The molecule has 0 aliphatic carbocycles. The minimum absolute atomic E-state index is 0.0526. The molecular weight excluding hydrogens is 336 g/mol. The summed E-state index contributed by atoms with van der Waals surface area (Å²) in [6.07, 6.45) is 3.49. The van der Waals surface area contributed by atoms with Crippen LogP contribution in [0.3, 0.4) is 0 Å². The van der Waals surface area contributed by atoms with E-state index in [0.717, 1.165) is 54.3 Å². The molecule has 3 rings (SSSR count). The number of hydrogen-bond acceptors (Lipinski definition) is 3. The number of amides is 1. The molecule has 4 heteroatoms. The van der Waals surface area contributed by atoms with E-state index in [1.54, 1.807) is 0 Å². The van der Waals surface area contributed by atoms with Crippen LogP contribution < -0.4 is 10.1 Å². The van der Waals surface area contributed by atoms with Crippen molar-refractivity contribution >= 4 is 16.7 Å². The Morgan fingerprint density at radius 2 is 1.81 bits per heavy atom. The molecule has 1 heterocycles. The summed E-state index contributed by atoms with van der Waals surface area (Å²) in [5.41, 5.74) is 0. The minimum Gasteiger partial charge on any atom is -0.483 e. The molecule has 0 spiro atoms. The van der Waals surface area contributed by atoms with Gasteiger partial charge < -0.3 is 15.0 Å². The van der Waals surface area contributed by atoms with Crippen molar-refractivity contribution in [1.82, 2.24) is 10.2 Å². The molecule has 1 fully saturated rings. The molecule has 0 bridgehead atoms. The molecule has 2 unspecified atom stereocenters. The van der Waals surface area contributed by atoms with E-state index in [1.165, 1.54) is 19.5 Å². The van der Waals surface area contributed by atoms with Gasteiger partial charge >= 0.3 is 0 Å². The van der Waals surface area contributed by atoms with Gasteiger partial charge in [-0.3, -0.25) is 4.79 Å². The zero-order valence-electron chi connectivity index (χ0n) is 16.6. The van der Waals surface area contributed by atoms with Gasteiger partial charge in [-0.05, 0) is 49.1 Å². The predicted octanol–water partition coefficient (Wildman–Crippen LogP) is 4.09. The lowest BCUT2D eigenvalue weighted by Gasteiger charge is -2.34. The number of nitrogens with zero attached hydrogens (tertiary/aromatic N) is 1. The number of ether oxygens (including phenoxy) is 1. The fourth-order valence-electron chi connectivity index (χ4n) is 4.18. The third-order valence-electron chi connectivity index (χ3n) is 5.28. The van der Waals surface area contributed by atoms with Gasteiger partial charge in [0.25, 0.3) is 5.91 Å². The second kappa shape index (κ2) is 9.75. The van der Waals surface area contributed by atoms with Crippen molar-refractivity contribution in [1.29, 1.82) is 0 Å². The first-order chi connectivity index (χ1) is 13.1. The second-order valence-corrected chi connectivity index (χ2v) is 8.03. The SMILES string of the molecule is CC1CC(C)CN(CCCCNC(=O)COc2cccc3ccccc23)C1. The number of nitrogens with one attached hydrogen (secondary N) is 1. The number of unbranched alkanes of at least 4 members (excludes halogenated alkanes) is 1. The Balaban J connectivity index is 1.33. The number of rotatable bonds is 8. The molecule has 1 saturated heterocycles.